The molecule has 3 aromatic rings. The molecule has 0 amide bonds. The van der Waals surface area contributed by atoms with E-state index in [2.05, 4.69) is 4.74 Å². The molecule has 8 heteroatoms. The highest BCUT2D eigenvalue weighted by Gasteiger charge is 2.35. The Hall–Kier alpha value is -2.77. The van der Waals surface area contributed by atoms with Crippen molar-refractivity contribution < 1.29 is 35.5 Å². The van der Waals surface area contributed by atoms with Crippen molar-refractivity contribution in [3.05, 3.63) is 76.6 Å². The maximum atomic E-state index is 14.4. The van der Waals surface area contributed by atoms with E-state index in [0.717, 1.165) is 12.1 Å². The number of hydrogen-bond donors (Lipinski definition) is 0. The fourth-order valence-electron chi connectivity index (χ4n) is 2.81. The van der Waals surface area contributed by atoms with Crippen LogP contribution in [0.3, 0.4) is 0 Å². The minimum Gasteiger partial charge on any atom is -0.429 e. The number of fused-ring (bicyclic) bond motifs is 1. The van der Waals surface area contributed by atoms with E-state index in [9.17, 15) is 30.7 Å². The molecule has 0 aliphatic heterocycles. The van der Waals surface area contributed by atoms with E-state index in [1.165, 1.54) is 6.07 Å². The van der Waals surface area contributed by atoms with Gasteiger partial charge in [-0.05, 0) is 35.6 Å². The number of aryl methyl sites for hydroxylation is 1. The van der Waals surface area contributed by atoms with Crippen LogP contribution in [0.1, 0.15) is 24.5 Å². The number of ether oxygens (including phenoxy) is 1. The number of hydrogen-bond acceptors (Lipinski definition) is 1. The molecular weight excluding hydrogens is 389 g/mol. The molecule has 0 bridgehead atoms. The third kappa shape index (κ3) is 3.63. The monoisotopic (exact) mass is 402 g/mol. The third-order valence-electron chi connectivity index (χ3n) is 4.15. The molecule has 0 atom stereocenters. The van der Waals surface area contributed by atoms with Crippen molar-refractivity contribution >= 4 is 10.8 Å². The van der Waals surface area contributed by atoms with Crippen molar-refractivity contribution in [1.82, 2.24) is 0 Å². The molecule has 3 aromatic carbocycles. The van der Waals surface area contributed by atoms with Gasteiger partial charge in [-0.2, -0.15) is 8.78 Å². The second kappa shape index (κ2) is 7.33. The standard InChI is InChI=1S/C20H13F7O/c1-2-3-11-6-10-4-5-12(7-14(10)18(24)17(11)23)20(26,27)28-13-8-15(21)19(25)16(22)9-13/h4-9H,2-3H2,1H3. The molecule has 0 saturated carbocycles. The van der Waals surface area contributed by atoms with Crippen LogP contribution < -0.4 is 4.74 Å². The number of rotatable bonds is 5. The lowest BCUT2D eigenvalue weighted by molar-refractivity contribution is -0.185. The summed E-state index contributed by atoms with van der Waals surface area (Å²) in [4.78, 5) is 0. The Morgan fingerprint density at radius 3 is 2.07 bits per heavy atom. The summed E-state index contributed by atoms with van der Waals surface area (Å²) in [5, 5.41) is -0.185. The van der Waals surface area contributed by atoms with Crippen LogP contribution in [0.5, 0.6) is 5.75 Å². The first-order valence-corrected chi connectivity index (χ1v) is 8.26. The second-order valence-electron chi connectivity index (χ2n) is 6.17. The molecule has 0 aliphatic carbocycles. The molecule has 0 saturated heterocycles. The minimum atomic E-state index is -4.14. The van der Waals surface area contributed by atoms with Gasteiger partial charge in [0.05, 0.1) is 5.56 Å². The molecule has 0 spiro atoms. The molecule has 0 radical (unpaired) electrons. The first-order valence-electron chi connectivity index (χ1n) is 8.26. The average molecular weight is 402 g/mol. The molecule has 0 heterocycles. The largest absolute Gasteiger partial charge is 0.429 e. The topological polar surface area (TPSA) is 9.23 Å². The summed E-state index contributed by atoms with van der Waals surface area (Å²) < 4.78 is 101. The lowest BCUT2D eigenvalue weighted by atomic mass is 10.0. The van der Waals surface area contributed by atoms with Crippen molar-refractivity contribution in [2.75, 3.05) is 0 Å². The quantitative estimate of drug-likeness (QED) is 0.344. The predicted octanol–water partition coefficient (Wildman–Crippen LogP) is 6.62. The zero-order valence-electron chi connectivity index (χ0n) is 14.4. The average Bonchev–Trinajstić information content (AvgIpc) is 2.63. The molecule has 148 valence electrons. The zero-order chi connectivity index (χ0) is 20.6. The number of alkyl halides is 2. The molecule has 1 nitrogen and oxygen atoms in total. The zero-order valence-corrected chi connectivity index (χ0v) is 14.4. The van der Waals surface area contributed by atoms with E-state index in [1.54, 1.807) is 6.92 Å². The van der Waals surface area contributed by atoms with Crippen molar-refractivity contribution in [2.24, 2.45) is 0 Å². The summed E-state index contributed by atoms with van der Waals surface area (Å²) >= 11 is 0. The summed E-state index contributed by atoms with van der Waals surface area (Å²) in [5.74, 6) is -8.62. The van der Waals surface area contributed by atoms with E-state index in [4.69, 9.17) is 0 Å². The van der Waals surface area contributed by atoms with Gasteiger partial charge in [-0.3, -0.25) is 0 Å². The van der Waals surface area contributed by atoms with Crippen LogP contribution in [0.15, 0.2) is 36.4 Å². The lowest BCUT2D eigenvalue weighted by Crippen LogP contribution is -2.22. The van der Waals surface area contributed by atoms with Crippen molar-refractivity contribution in [2.45, 2.75) is 25.9 Å². The van der Waals surface area contributed by atoms with Gasteiger partial charge in [0.25, 0.3) is 0 Å². The van der Waals surface area contributed by atoms with Gasteiger partial charge < -0.3 is 4.74 Å². The second-order valence-corrected chi connectivity index (χ2v) is 6.17. The third-order valence-corrected chi connectivity index (χ3v) is 4.15. The Kier molecular flexibility index (Phi) is 5.23. The molecule has 0 N–H and O–H groups in total. The van der Waals surface area contributed by atoms with Gasteiger partial charge in [0.15, 0.2) is 29.1 Å². The van der Waals surface area contributed by atoms with Crippen LogP contribution >= 0.6 is 0 Å². The summed E-state index contributed by atoms with van der Waals surface area (Å²) in [6, 6.07) is 4.65. The van der Waals surface area contributed by atoms with E-state index in [-0.39, 0.29) is 29.5 Å². The van der Waals surface area contributed by atoms with Gasteiger partial charge >= 0.3 is 6.11 Å². The SMILES string of the molecule is CCCc1cc2ccc(C(F)(F)Oc3cc(F)c(F)c(F)c3)cc2c(F)c1F. The van der Waals surface area contributed by atoms with Gasteiger partial charge in [-0.15, -0.1) is 0 Å². The summed E-state index contributed by atoms with van der Waals surface area (Å²) in [5.41, 5.74) is -0.743. The number of benzene rings is 3. The van der Waals surface area contributed by atoms with Gasteiger partial charge in [0.2, 0.25) is 0 Å². The van der Waals surface area contributed by atoms with Gasteiger partial charge in [0, 0.05) is 17.5 Å². The molecule has 28 heavy (non-hydrogen) atoms. The highest BCUT2D eigenvalue weighted by molar-refractivity contribution is 5.85. The summed E-state index contributed by atoms with van der Waals surface area (Å²) in [6.07, 6.45) is -3.30. The Balaban J connectivity index is 2.02. The molecular formula is C20H13F7O. The fourth-order valence-corrected chi connectivity index (χ4v) is 2.81. The summed E-state index contributed by atoms with van der Waals surface area (Å²) in [7, 11) is 0. The Morgan fingerprint density at radius 1 is 0.821 bits per heavy atom. The molecule has 0 aromatic heterocycles. The van der Waals surface area contributed by atoms with Crippen molar-refractivity contribution in [3.63, 3.8) is 0 Å². The van der Waals surface area contributed by atoms with Crippen LogP contribution in [0.2, 0.25) is 0 Å². The van der Waals surface area contributed by atoms with Gasteiger partial charge in [0.1, 0.15) is 5.75 Å². The summed E-state index contributed by atoms with van der Waals surface area (Å²) in [6.45, 7) is 1.78. The Morgan fingerprint density at radius 2 is 1.46 bits per heavy atom. The maximum absolute atomic E-state index is 14.4. The number of halogens is 7. The van der Waals surface area contributed by atoms with Crippen LogP contribution in [0.25, 0.3) is 10.8 Å². The Labute approximate surface area is 155 Å². The van der Waals surface area contributed by atoms with E-state index in [0.29, 0.717) is 12.5 Å². The highest BCUT2D eigenvalue weighted by Crippen LogP contribution is 2.35. The normalized spacial score (nSPS) is 11.9. The van der Waals surface area contributed by atoms with E-state index >= 15 is 0 Å². The first kappa shape index (κ1) is 20.0. The van der Waals surface area contributed by atoms with E-state index < -0.39 is 51.9 Å². The lowest BCUT2D eigenvalue weighted by Gasteiger charge is -2.19. The smallest absolute Gasteiger partial charge is 0.426 e. The van der Waals surface area contributed by atoms with Crippen LogP contribution in [-0.4, -0.2) is 0 Å². The van der Waals surface area contributed by atoms with Crippen LogP contribution in [0.4, 0.5) is 30.7 Å². The van der Waals surface area contributed by atoms with Gasteiger partial charge in [-0.25, -0.2) is 22.0 Å². The fraction of sp³-hybridized carbons (Fsp3) is 0.200. The van der Waals surface area contributed by atoms with Gasteiger partial charge in [-0.1, -0.05) is 19.4 Å². The molecule has 0 aliphatic rings. The van der Waals surface area contributed by atoms with E-state index in [1.807, 2.05) is 0 Å². The van der Waals surface area contributed by atoms with Crippen molar-refractivity contribution in [3.8, 4) is 5.75 Å². The van der Waals surface area contributed by atoms with Crippen LogP contribution in [0, 0.1) is 29.1 Å². The molecule has 0 unspecified atom stereocenters. The van der Waals surface area contributed by atoms with Crippen LogP contribution in [-0.2, 0) is 12.5 Å². The maximum Gasteiger partial charge on any atom is 0.426 e. The van der Waals surface area contributed by atoms with Crippen molar-refractivity contribution in [1.29, 1.82) is 0 Å². The minimum absolute atomic E-state index is 0.125. The highest BCUT2D eigenvalue weighted by atomic mass is 19.3. The molecule has 0 fully saturated rings. The predicted molar refractivity (Wildman–Crippen MR) is 88.7 cm³/mol. The first-order chi connectivity index (χ1) is 13.1. The Bertz CT molecular complexity index is 1020. The molecule has 3 rings (SSSR count).